The first-order valence-corrected chi connectivity index (χ1v) is 5.62. The number of aromatic nitrogens is 1. The highest BCUT2D eigenvalue weighted by Gasteiger charge is 2.12. The van der Waals surface area contributed by atoms with Crippen LogP contribution in [0.25, 0.3) is 0 Å². The van der Waals surface area contributed by atoms with Crippen LogP contribution in [0, 0.1) is 24.1 Å². The van der Waals surface area contributed by atoms with E-state index in [1.807, 2.05) is 6.07 Å². The zero-order valence-electron chi connectivity index (χ0n) is 10.6. The summed E-state index contributed by atoms with van der Waals surface area (Å²) in [6, 6.07) is 9.56. The van der Waals surface area contributed by atoms with Crippen molar-refractivity contribution in [2.24, 2.45) is 0 Å². The van der Waals surface area contributed by atoms with E-state index in [9.17, 15) is 9.65 Å². The fourth-order valence-electron chi connectivity index (χ4n) is 1.67. The van der Waals surface area contributed by atoms with Crippen LogP contribution in [0.3, 0.4) is 0 Å². The molecule has 0 aliphatic heterocycles. The molecule has 0 fully saturated rings. The molecule has 0 radical (unpaired) electrons. The van der Waals surface area contributed by atoms with Crippen LogP contribution in [0.4, 0.5) is 15.9 Å². The summed E-state index contributed by atoms with van der Waals surface area (Å²) in [6.07, 6.45) is 0. The summed E-state index contributed by atoms with van der Waals surface area (Å²) < 4.78 is 18.0. The van der Waals surface area contributed by atoms with Crippen molar-refractivity contribution in [3.63, 3.8) is 0 Å². The van der Waals surface area contributed by atoms with Crippen molar-refractivity contribution in [2.45, 2.75) is 6.92 Å². The molecule has 2 rings (SSSR count). The van der Waals surface area contributed by atoms with E-state index < -0.39 is 0 Å². The minimum atomic E-state index is -0.319. The van der Waals surface area contributed by atoms with E-state index in [0.29, 0.717) is 22.8 Å². The molecule has 0 saturated heterocycles. The Morgan fingerprint density at radius 1 is 1.32 bits per heavy atom. The molecule has 0 aliphatic carbocycles. The molecule has 96 valence electrons. The molecule has 1 aromatic carbocycles. The number of aryl methyl sites for hydroxylation is 1. The molecule has 0 atom stereocenters. The molecular formula is C14H12FN3O. The fourth-order valence-corrected chi connectivity index (χ4v) is 1.67. The average Bonchev–Trinajstić information content (AvgIpc) is 2.40. The predicted molar refractivity (Wildman–Crippen MR) is 69.9 cm³/mol. The van der Waals surface area contributed by atoms with E-state index in [1.165, 1.54) is 19.2 Å². The standard InChI is InChI=1S/C14H12FN3O/c1-9-7-13(19-2)12(8-16)14(17-9)18-11-5-3-10(15)4-6-11/h3-7H,1-2H3,(H,17,18). The molecule has 0 bridgehead atoms. The lowest BCUT2D eigenvalue weighted by atomic mass is 10.2. The molecule has 1 N–H and O–H groups in total. The van der Waals surface area contributed by atoms with Gasteiger partial charge in [-0.25, -0.2) is 9.37 Å². The van der Waals surface area contributed by atoms with Gasteiger partial charge in [0.15, 0.2) is 5.82 Å². The summed E-state index contributed by atoms with van der Waals surface area (Å²) in [7, 11) is 1.50. The summed E-state index contributed by atoms with van der Waals surface area (Å²) in [5.74, 6) is 0.534. The van der Waals surface area contributed by atoms with E-state index in [1.54, 1.807) is 25.1 Å². The minimum absolute atomic E-state index is 0.317. The SMILES string of the molecule is COc1cc(C)nc(Nc2ccc(F)cc2)c1C#N. The van der Waals surface area contributed by atoms with Gasteiger partial charge in [-0.1, -0.05) is 0 Å². The third-order valence-electron chi connectivity index (χ3n) is 2.55. The van der Waals surface area contributed by atoms with Crippen LogP contribution in [0.5, 0.6) is 5.75 Å². The van der Waals surface area contributed by atoms with Gasteiger partial charge in [-0.2, -0.15) is 5.26 Å². The van der Waals surface area contributed by atoms with Crippen LogP contribution in [-0.4, -0.2) is 12.1 Å². The van der Waals surface area contributed by atoms with Crippen molar-refractivity contribution in [3.05, 3.63) is 47.4 Å². The lowest BCUT2D eigenvalue weighted by Crippen LogP contribution is -2.01. The normalized spacial score (nSPS) is 9.79. The number of rotatable bonds is 3. The molecule has 19 heavy (non-hydrogen) atoms. The minimum Gasteiger partial charge on any atom is -0.495 e. The van der Waals surface area contributed by atoms with Gasteiger partial charge >= 0.3 is 0 Å². The zero-order chi connectivity index (χ0) is 13.8. The number of hydrogen-bond donors (Lipinski definition) is 1. The maximum absolute atomic E-state index is 12.8. The smallest absolute Gasteiger partial charge is 0.152 e. The highest BCUT2D eigenvalue weighted by atomic mass is 19.1. The number of nitriles is 1. The third kappa shape index (κ3) is 2.80. The second-order valence-electron chi connectivity index (χ2n) is 3.93. The number of anilines is 2. The molecule has 2 aromatic rings. The first-order valence-electron chi connectivity index (χ1n) is 5.62. The lowest BCUT2D eigenvalue weighted by molar-refractivity contribution is 0.413. The topological polar surface area (TPSA) is 57.9 Å². The number of hydrogen-bond acceptors (Lipinski definition) is 4. The van der Waals surface area contributed by atoms with Crippen LogP contribution < -0.4 is 10.1 Å². The van der Waals surface area contributed by atoms with E-state index in [2.05, 4.69) is 10.3 Å². The summed E-state index contributed by atoms with van der Waals surface area (Å²) in [5.41, 5.74) is 1.69. The number of methoxy groups -OCH3 is 1. The summed E-state index contributed by atoms with van der Waals surface area (Å²) in [4.78, 5) is 4.26. The fraction of sp³-hybridized carbons (Fsp3) is 0.143. The molecule has 0 spiro atoms. The number of nitrogens with zero attached hydrogens (tertiary/aromatic N) is 2. The first kappa shape index (κ1) is 12.8. The molecule has 1 aromatic heterocycles. The van der Waals surface area contributed by atoms with Crippen LogP contribution in [0.1, 0.15) is 11.3 Å². The summed E-state index contributed by atoms with van der Waals surface area (Å²) in [6.45, 7) is 1.81. The second kappa shape index (κ2) is 5.36. The predicted octanol–water partition coefficient (Wildman–Crippen LogP) is 3.15. The van der Waals surface area contributed by atoms with Gasteiger partial charge in [-0.05, 0) is 31.2 Å². The van der Waals surface area contributed by atoms with Crippen molar-refractivity contribution in [1.82, 2.24) is 4.98 Å². The molecule has 0 aliphatic rings. The van der Waals surface area contributed by atoms with Gasteiger partial charge in [0.2, 0.25) is 0 Å². The Hall–Kier alpha value is -2.61. The zero-order valence-corrected chi connectivity index (χ0v) is 10.6. The molecule has 4 nitrogen and oxygen atoms in total. The first-order chi connectivity index (χ1) is 9.13. The Balaban J connectivity index is 2.42. The van der Waals surface area contributed by atoms with Crippen molar-refractivity contribution in [2.75, 3.05) is 12.4 Å². The Morgan fingerprint density at radius 3 is 2.58 bits per heavy atom. The highest BCUT2D eigenvalue weighted by molar-refractivity contribution is 5.66. The number of pyridine rings is 1. The number of nitrogens with one attached hydrogen (secondary N) is 1. The Labute approximate surface area is 110 Å². The van der Waals surface area contributed by atoms with E-state index in [4.69, 9.17) is 4.74 Å². The molecule has 0 amide bonds. The van der Waals surface area contributed by atoms with Crippen LogP contribution in [-0.2, 0) is 0 Å². The van der Waals surface area contributed by atoms with E-state index in [-0.39, 0.29) is 5.82 Å². The molecule has 0 saturated carbocycles. The van der Waals surface area contributed by atoms with Gasteiger partial charge < -0.3 is 10.1 Å². The van der Waals surface area contributed by atoms with Gasteiger partial charge in [-0.15, -0.1) is 0 Å². The monoisotopic (exact) mass is 257 g/mol. The maximum Gasteiger partial charge on any atom is 0.152 e. The van der Waals surface area contributed by atoms with Crippen LogP contribution in [0.15, 0.2) is 30.3 Å². The maximum atomic E-state index is 12.8. The van der Waals surface area contributed by atoms with Gasteiger partial charge in [0.1, 0.15) is 23.2 Å². The number of ether oxygens (including phenoxy) is 1. The average molecular weight is 257 g/mol. The Morgan fingerprint density at radius 2 is 2.00 bits per heavy atom. The molecular weight excluding hydrogens is 245 g/mol. The van der Waals surface area contributed by atoms with Crippen molar-refractivity contribution in [3.8, 4) is 11.8 Å². The van der Waals surface area contributed by atoms with E-state index >= 15 is 0 Å². The van der Waals surface area contributed by atoms with Gasteiger partial charge in [0, 0.05) is 17.4 Å². The third-order valence-corrected chi connectivity index (χ3v) is 2.55. The van der Waals surface area contributed by atoms with Gasteiger partial charge in [-0.3, -0.25) is 0 Å². The van der Waals surface area contributed by atoms with Gasteiger partial charge in [0.05, 0.1) is 7.11 Å². The highest BCUT2D eigenvalue weighted by Crippen LogP contribution is 2.27. The molecule has 5 heteroatoms. The van der Waals surface area contributed by atoms with Crippen LogP contribution in [0.2, 0.25) is 0 Å². The van der Waals surface area contributed by atoms with E-state index in [0.717, 1.165) is 5.69 Å². The Bertz CT molecular complexity index is 632. The summed E-state index contributed by atoms with van der Waals surface area (Å²) >= 11 is 0. The van der Waals surface area contributed by atoms with Gasteiger partial charge in [0.25, 0.3) is 0 Å². The lowest BCUT2D eigenvalue weighted by Gasteiger charge is -2.11. The number of halogens is 1. The van der Waals surface area contributed by atoms with Crippen molar-refractivity contribution >= 4 is 11.5 Å². The Kier molecular flexibility index (Phi) is 3.62. The number of benzene rings is 1. The summed E-state index contributed by atoms with van der Waals surface area (Å²) in [5, 5.41) is 12.2. The molecule has 1 heterocycles. The van der Waals surface area contributed by atoms with Crippen molar-refractivity contribution < 1.29 is 9.13 Å². The molecule has 0 unspecified atom stereocenters. The second-order valence-corrected chi connectivity index (χ2v) is 3.93. The quantitative estimate of drug-likeness (QED) is 0.917. The van der Waals surface area contributed by atoms with Crippen LogP contribution >= 0.6 is 0 Å². The van der Waals surface area contributed by atoms with Crippen molar-refractivity contribution in [1.29, 1.82) is 5.26 Å². The largest absolute Gasteiger partial charge is 0.495 e.